The van der Waals surface area contributed by atoms with Crippen LogP contribution in [0.4, 0.5) is 10.5 Å². The van der Waals surface area contributed by atoms with Crippen LogP contribution in [0, 0.1) is 0 Å². The van der Waals surface area contributed by atoms with Gasteiger partial charge in [0.05, 0.1) is 13.5 Å². The second kappa shape index (κ2) is 7.44. The van der Waals surface area contributed by atoms with Crippen LogP contribution in [-0.4, -0.2) is 55.0 Å². The molecule has 0 spiro atoms. The number of benzene rings is 1. The Morgan fingerprint density at radius 2 is 2.00 bits per heavy atom. The maximum absolute atomic E-state index is 12.6. The fraction of sp³-hybridized carbons (Fsp3) is 0.333. The number of nitrogens with two attached hydrogens (primary N) is 1. The molecule has 9 heteroatoms. The van der Waals surface area contributed by atoms with E-state index in [-0.39, 0.29) is 18.9 Å². The second-order valence-corrected chi connectivity index (χ2v) is 5.15. The number of hydrogen-bond acceptors (Lipinski definition) is 5. The number of rotatable bonds is 4. The standard InChI is InChI=1S/C15H18N4O5/c1-24-12(20)8-11-13(21)17-6-7-19(11)14(22)9-2-4-10(5-3-9)18-15(16)23/h2-5,11H,6-8H2,1H3,(H,17,21)(H3,16,18,23). The molecule has 1 aromatic rings. The maximum atomic E-state index is 12.6. The summed E-state index contributed by atoms with van der Waals surface area (Å²) < 4.78 is 4.58. The highest BCUT2D eigenvalue weighted by Gasteiger charge is 2.35. The lowest BCUT2D eigenvalue weighted by Gasteiger charge is -2.34. The first kappa shape index (κ1) is 17.3. The Hall–Kier alpha value is -3.10. The monoisotopic (exact) mass is 334 g/mol. The third kappa shape index (κ3) is 4.00. The van der Waals surface area contributed by atoms with Crippen LogP contribution in [0.2, 0.25) is 0 Å². The Balaban J connectivity index is 2.17. The van der Waals surface area contributed by atoms with Gasteiger partial charge in [-0.05, 0) is 24.3 Å². The zero-order valence-electron chi connectivity index (χ0n) is 13.1. The molecule has 1 saturated heterocycles. The van der Waals surface area contributed by atoms with Crippen molar-refractivity contribution < 1.29 is 23.9 Å². The summed E-state index contributed by atoms with van der Waals surface area (Å²) in [5.41, 5.74) is 5.79. The molecule has 4 amide bonds. The number of carbonyl (C=O) groups excluding carboxylic acids is 4. The predicted molar refractivity (Wildman–Crippen MR) is 84.1 cm³/mol. The molecule has 0 aliphatic carbocycles. The number of hydrogen-bond donors (Lipinski definition) is 3. The van der Waals surface area contributed by atoms with Crippen molar-refractivity contribution in [3.05, 3.63) is 29.8 Å². The Labute approximate surface area is 138 Å². The van der Waals surface area contributed by atoms with Crippen molar-refractivity contribution in [1.82, 2.24) is 10.2 Å². The van der Waals surface area contributed by atoms with Gasteiger partial charge in [0, 0.05) is 24.3 Å². The maximum Gasteiger partial charge on any atom is 0.316 e. The summed E-state index contributed by atoms with van der Waals surface area (Å²) >= 11 is 0. The van der Waals surface area contributed by atoms with E-state index in [0.29, 0.717) is 17.8 Å². The number of methoxy groups -OCH3 is 1. The molecule has 2 rings (SSSR count). The molecule has 4 N–H and O–H groups in total. The van der Waals surface area contributed by atoms with Gasteiger partial charge in [0.15, 0.2) is 0 Å². The van der Waals surface area contributed by atoms with Gasteiger partial charge in [0.1, 0.15) is 6.04 Å². The first-order valence-corrected chi connectivity index (χ1v) is 7.24. The van der Waals surface area contributed by atoms with Crippen LogP contribution in [-0.2, 0) is 14.3 Å². The van der Waals surface area contributed by atoms with Crippen molar-refractivity contribution in [3.63, 3.8) is 0 Å². The Morgan fingerprint density at radius 1 is 1.33 bits per heavy atom. The third-order valence-corrected chi connectivity index (χ3v) is 3.58. The third-order valence-electron chi connectivity index (χ3n) is 3.58. The minimum absolute atomic E-state index is 0.213. The average Bonchev–Trinajstić information content (AvgIpc) is 2.56. The molecule has 128 valence electrons. The summed E-state index contributed by atoms with van der Waals surface area (Å²) in [6.07, 6.45) is -0.213. The number of carbonyl (C=O) groups is 4. The molecule has 1 heterocycles. The van der Waals surface area contributed by atoms with E-state index >= 15 is 0 Å². The van der Waals surface area contributed by atoms with Crippen LogP contribution in [0.1, 0.15) is 16.8 Å². The number of urea groups is 1. The molecule has 1 aliphatic rings. The second-order valence-electron chi connectivity index (χ2n) is 5.15. The van der Waals surface area contributed by atoms with Gasteiger partial charge in [-0.25, -0.2) is 4.79 Å². The fourth-order valence-corrected chi connectivity index (χ4v) is 2.41. The molecular weight excluding hydrogens is 316 g/mol. The summed E-state index contributed by atoms with van der Waals surface area (Å²) in [6.45, 7) is 0.594. The van der Waals surface area contributed by atoms with Gasteiger partial charge in [0.25, 0.3) is 5.91 Å². The van der Waals surface area contributed by atoms with Crippen molar-refractivity contribution in [2.24, 2.45) is 5.73 Å². The van der Waals surface area contributed by atoms with Gasteiger partial charge in [0.2, 0.25) is 5.91 Å². The first-order chi connectivity index (χ1) is 11.4. The summed E-state index contributed by atoms with van der Waals surface area (Å²) in [6, 6.07) is 4.45. The predicted octanol–water partition coefficient (Wildman–Crippen LogP) is -0.319. The van der Waals surface area contributed by atoms with E-state index in [1.807, 2.05) is 0 Å². The Morgan fingerprint density at radius 3 is 2.58 bits per heavy atom. The number of primary amides is 1. The molecule has 0 saturated carbocycles. The lowest BCUT2D eigenvalue weighted by molar-refractivity contribution is -0.145. The largest absolute Gasteiger partial charge is 0.469 e. The Kier molecular flexibility index (Phi) is 5.35. The average molecular weight is 334 g/mol. The summed E-state index contributed by atoms with van der Waals surface area (Å²) in [4.78, 5) is 48.3. The molecule has 1 aromatic carbocycles. The minimum Gasteiger partial charge on any atom is -0.469 e. The summed E-state index contributed by atoms with van der Waals surface area (Å²) in [5, 5.41) is 5.02. The van der Waals surface area contributed by atoms with Gasteiger partial charge in [-0.3, -0.25) is 14.4 Å². The number of ether oxygens (including phenoxy) is 1. The molecule has 1 atom stereocenters. The SMILES string of the molecule is COC(=O)CC1C(=O)NCCN1C(=O)c1ccc(NC(N)=O)cc1. The van der Waals surface area contributed by atoms with Crippen LogP contribution < -0.4 is 16.4 Å². The van der Waals surface area contributed by atoms with Crippen LogP contribution in [0.5, 0.6) is 0 Å². The van der Waals surface area contributed by atoms with Crippen molar-refractivity contribution >= 4 is 29.5 Å². The van der Waals surface area contributed by atoms with E-state index in [2.05, 4.69) is 15.4 Å². The highest BCUT2D eigenvalue weighted by atomic mass is 16.5. The highest BCUT2D eigenvalue weighted by molar-refractivity contribution is 5.99. The summed E-state index contributed by atoms with van der Waals surface area (Å²) in [7, 11) is 1.22. The van der Waals surface area contributed by atoms with Gasteiger partial charge in [-0.2, -0.15) is 0 Å². The number of nitrogens with one attached hydrogen (secondary N) is 2. The number of nitrogens with zero attached hydrogens (tertiary/aromatic N) is 1. The zero-order valence-corrected chi connectivity index (χ0v) is 13.1. The van der Waals surface area contributed by atoms with Gasteiger partial charge >= 0.3 is 12.0 Å². The van der Waals surface area contributed by atoms with E-state index in [9.17, 15) is 19.2 Å². The van der Waals surface area contributed by atoms with E-state index < -0.39 is 23.9 Å². The molecule has 0 aromatic heterocycles. The molecule has 0 radical (unpaired) electrons. The normalized spacial score (nSPS) is 17.0. The minimum atomic E-state index is -0.915. The lowest BCUT2D eigenvalue weighted by Crippen LogP contribution is -2.57. The zero-order chi connectivity index (χ0) is 17.7. The highest BCUT2D eigenvalue weighted by Crippen LogP contribution is 2.16. The van der Waals surface area contributed by atoms with E-state index in [4.69, 9.17) is 5.73 Å². The van der Waals surface area contributed by atoms with Crippen LogP contribution in [0.15, 0.2) is 24.3 Å². The van der Waals surface area contributed by atoms with E-state index in [1.165, 1.54) is 36.3 Å². The van der Waals surface area contributed by atoms with Crippen molar-refractivity contribution in [2.45, 2.75) is 12.5 Å². The quantitative estimate of drug-likeness (QED) is 0.650. The van der Waals surface area contributed by atoms with Crippen LogP contribution in [0.25, 0.3) is 0 Å². The van der Waals surface area contributed by atoms with Crippen molar-refractivity contribution in [3.8, 4) is 0 Å². The number of piperazine rings is 1. The molecule has 1 unspecified atom stereocenters. The van der Waals surface area contributed by atoms with Crippen LogP contribution in [0.3, 0.4) is 0 Å². The fourth-order valence-electron chi connectivity index (χ4n) is 2.41. The molecular formula is C15H18N4O5. The van der Waals surface area contributed by atoms with Gasteiger partial charge < -0.3 is 26.0 Å². The van der Waals surface area contributed by atoms with Gasteiger partial charge in [-0.15, -0.1) is 0 Å². The first-order valence-electron chi connectivity index (χ1n) is 7.24. The number of esters is 1. The lowest BCUT2D eigenvalue weighted by atomic mass is 10.1. The van der Waals surface area contributed by atoms with Crippen molar-refractivity contribution in [1.29, 1.82) is 0 Å². The molecule has 1 fully saturated rings. The van der Waals surface area contributed by atoms with E-state index in [0.717, 1.165) is 0 Å². The molecule has 1 aliphatic heterocycles. The van der Waals surface area contributed by atoms with Crippen LogP contribution >= 0.6 is 0 Å². The topological polar surface area (TPSA) is 131 Å². The van der Waals surface area contributed by atoms with Crippen molar-refractivity contribution in [2.75, 3.05) is 25.5 Å². The Bertz CT molecular complexity index is 658. The van der Waals surface area contributed by atoms with E-state index in [1.54, 1.807) is 0 Å². The number of amides is 4. The number of anilines is 1. The van der Waals surface area contributed by atoms with Gasteiger partial charge in [-0.1, -0.05) is 0 Å². The molecule has 9 nitrogen and oxygen atoms in total. The molecule has 24 heavy (non-hydrogen) atoms. The molecule has 0 bridgehead atoms. The summed E-state index contributed by atoms with van der Waals surface area (Å²) in [5.74, 6) is -1.35. The smallest absolute Gasteiger partial charge is 0.316 e.